The molecule has 0 spiro atoms. The first-order valence-corrected chi connectivity index (χ1v) is 26.6. The maximum absolute atomic E-state index is 2.31. The molecule has 0 amide bonds. The van der Waals surface area contributed by atoms with Gasteiger partial charge in [0.2, 0.25) is 0 Å². The Morgan fingerprint density at radius 3 is 0.795 bits per heavy atom. The molecule has 0 aromatic carbocycles. The zero-order valence-electron chi connectivity index (χ0n) is 21.5. The van der Waals surface area contributed by atoms with Gasteiger partial charge >= 0.3 is 0 Å². The van der Waals surface area contributed by atoms with Gasteiger partial charge in [0.1, 0.15) is 0 Å². The predicted molar refractivity (Wildman–Crippen MR) is 222 cm³/mol. The molecule has 0 nitrogen and oxygen atoms in total. The second-order valence-electron chi connectivity index (χ2n) is 6.69. The smallest absolute Gasteiger partial charge is 0.0667 e. The van der Waals surface area contributed by atoms with Crippen LogP contribution < -0.4 is 0 Å². The molecule has 0 atom stereocenters. The van der Waals surface area contributed by atoms with E-state index in [0.29, 0.717) is 0 Å². The summed E-state index contributed by atoms with van der Waals surface area (Å²) in [5, 5.41) is 1.04. The number of thioether (sulfide) groups is 16. The molecule has 0 aromatic rings. The predicted octanol–water partition coefficient (Wildman–Crippen LogP) is 14.4. The summed E-state index contributed by atoms with van der Waals surface area (Å²) in [4.78, 5) is 0. The zero-order chi connectivity index (χ0) is 27.8. The Labute approximate surface area is 301 Å². The summed E-state index contributed by atoms with van der Waals surface area (Å²) in [6.45, 7) is 0. The minimum Gasteiger partial charge on any atom is -0.121 e. The minimum absolute atomic E-state index is 1.04. The minimum atomic E-state index is 1.04. The average Bonchev–Trinajstić information content (AvgIpc) is 3.74. The van der Waals surface area contributed by atoms with Crippen molar-refractivity contribution >= 4 is 188 Å². The van der Waals surface area contributed by atoms with Crippen molar-refractivity contribution < 1.29 is 0 Å². The lowest BCUT2D eigenvalue weighted by molar-refractivity contribution is 2.05. The van der Waals surface area contributed by atoms with E-state index in [0.717, 1.165) is 5.08 Å². The summed E-state index contributed by atoms with van der Waals surface area (Å²) in [5.41, 5.74) is 0. The highest BCUT2D eigenvalue weighted by Crippen LogP contribution is 2.61. The summed E-state index contributed by atoms with van der Waals surface area (Å²) >= 11 is 30.5. The van der Waals surface area contributed by atoms with E-state index < -0.39 is 0 Å². The van der Waals surface area contributed by atoms with Crippen molar-refractivity contribution in [3.63, 3.8) is 0 Å². The average molecular weight is 814 g/mol. The molecule has 212 valence electrons. The lowest BCUT2D eigenvalue weighted by Crippen LogP contribution is -1.74. The Kier molecular flexibility index (Phi) is 16.9. The normalized spacial score (nSPS) is 22.3. The first-order chi connectivity index (χ1) is 19.0. The quantitative estimate of drug-likeness (QED) is 0.172. The van der Waals surface area contributed by atoms with E-state index in [2.05, 4.69) is 61.8 Å². The van der Waals surface area contributed by atoms with Crippen LogP contribution in [0.2, 0.25) is 0 Å². The van der Waals surface area contributed by atoms with Crippen molar-refractivity contribution in [2.24, 2.45) is 0 Å². The Hall–Kier alpha value is 3.52. The van der Waals surface area contributed by atoms with Gasteiger partial charge in [-0.3, -0.25) is 0 Å². The van der Waals surface area contributed by atoms with Gasteiger partial charge < -0.3 is 0 Å². The Morgan fingerprint density at radius 2 is 0.564 bits per heavy atom. The van der Waals surface area contributed by atoms with Crippen LogP contribution in [0.3, 0.4) is 0 Å². The maximum atomic E-state index is 2.31. The van der Waals surface area contributed by atoms with Gasteiger partial charge in [-0.2, -0.15) is 0 Å². The molecule has 4 heterocycles. The Balaban J connectivity index is 1.29. The van der Waals surface area contributed by atoms with Crippen LogP contribution in [-0.2, 0) is 0 Å². The molecule has 4 rings (SSSR count). The van der Waals surface area contributed by atoms with Gasteiger partial charge in [-0.05, 0) is 61.8 Å². The van der Waals surface area contributed by atoms with Crippen molar-refractivity contribution in [3.8, 4) is 0 Å². The van der Waals surface area contributed by atoms with Crippen LogP contribution in [0, 0.1) is 0 Å². The van der Waals surface area contributed by atoms with Gasteiger partial charge in [0.15, 0.2) is 0 Å². The van der Waals surface area contributed by atoms with Gasteiger partial charge in [-0.25, -0.2) is 0 Å². The first kappa shape index (κ1) is 35.4. The topological polar surface area (TPSA) is 0 Å². The maximum Gasteiger partial charge on any atom is 0.0667 e. The molecule has 0 saturated heterocycles. The number of allylic oxidation sites excluding steroid dienone is 4. The van der Waals surface area contributed by atoms with E-state index in [1.165, 1.54) is 50.8 Å². The van der Waals surface area contributed by atoms with Crippen LogP contribution in [0.4, 0.5) is 0 Å². The molecule has 0 fully saturated rings. The van der Waals surface area contributed by atoms with Crippen molar-refractivity contribution in [2.75, 3.05) is 42.6 Å². The molecule has 0 aliphatic carbocycles. The number of hydrogen-bond donors (Lipinski definition) is 0. The van der Waals surface area contributed by atoms with Crippen LogP contribution in [-0.4, -0.2) is 42.6 Å². The first-order valence-electron chi connectivity index (χ1n) is 10.7. The van der Waals surface area contributed by atoms with Crippen LogP contribution in [0.1, 0.15) is 0 Å². The van der Waals surface area contributed by atoms with Gasteiger partial charge in [0, 0.05) is 5.08 Å². The lowest BCUT2D eigenvalue weighted by Gasteiger charge is -2.04. The van der Waals surface area contributed by atoms with Gasteiger partial charge in [0.05, 0.1) is 50.8 Å². The molecule has 0 saturated carbocycles. The van der Waals surface area contributed by atoms with Gasteiger partial charge in [-0.1, -0.05) is 94.1 Å². The zero-order valence-corrected chi connectivity index (χ0v) is 34.6. The van der Waals surface area contributed by atoms with Gasteiger partial charge in [-0.15, -0.1) is 94.1 Å². The summed E-state index contributed by atoms with van der Waals surface area (Å²) < 4.78 is 17.0. The van der Waals surface area contributed by atoms with E-state index in [4.69, 9.17) is 0 Å². The second-order valence-corrected chi connectivity index (χ2v) is 25.4. The van der Waals surface area contributed by atoms with Crippen LogP contribution >= 0.6 is 188 Å². The lowest BCUT2D eigenvalue weighted by atomic mass is 10.6. The van der Waals surface area contributed by atoms with E-state index in [-0.39, 0.29) is 0 Å². The fourth-order valence-electron chi connectivity index (χ4n) is 2.76. The fraction of sp³-hybridized carbons (Fsp3) is 0.304. The molecule has 0 bridgehead atoms. The van der Waals surface area contributed by atoms with Gasteiger partial charge in [0.25, 0.3) is 0 Å². The van der Waals surface area contributed by atoms with Crippen LogP contribution in [0.5, 0.6) is 0 Å². The highest BCUT2D eigenvalue weighted by molar-refractivity contribution is 8.44. The van der Waals surface area contributed by atoms with E-state index in [9.17, 15) is 0 Å². The summed E-state index contributed by atoms with van der Waals surface area (Å²) in [7, 11) is 0. The third-order valence-corrected chi connectivity index (χ3v) is 25.3. The monoisotopic (exact) mass is 812 g/mol. The molecule has 39 heavy (non-hydrogen) atoms. The molecular weight excluding hydrogens is 789 g/mol. The number of hydrogen-bond acceptors (Lipinski definition) is 16. The third-order valence-electron chi connectivity index (χ3n) is 4.42. The molecular formula is C23H24S16. The van der Waals surface area contributed by atoms with E-state index >= 15 is 0 Å². The summed E-state index contributed by atoms with van der Waals surface area (Å²) in [6.07, 6.45) is 22.3. The Bertz CT molecular complexity index is 1070. The van der Waals surface area contributed by atoms with Crippen LogP contribution in [0.25, 0.3) is 0 Å². The molecule has 0 N–H and O–H groups in total. The molecule has 0 aromatic heterocycles. The Morgan fingerprint density at radius 1 is 0.359 bits per heavy atom. The van der Waals surface area contributed by atoms with Crippen molar-refractivity contribution in [1.82, 2.24) is 0 Å². The largest absolute Gasteiger partial charge is 0.121 e. The summed E-state index contributed by atoms with van der Waals surface area (Å²) in [6, 6.07) is 0. The molecule has 4 aliphatic heterocycles. The summed E-state index contributed by atoms with van der Waals surface area (Å²) in [5.74, 6) is 0. The van der Waals surface area contributed by atoms with E-state index in [1.807, 2.05) is 188 Å². The third kappa shape index (κ3) is 10.3. The molecule has 0 unspecified atom stereocenters. The highest BCUT2D eigenvalue weighted by Gasteiger charge is 2.25. The number of rotatable bonds is 12. The standard InChI is InChI=1S/C23H24S16/c1-24-16-17(25-2)33-12(32-16)7-9-14-36-20(28-5)22(38-14)30-11-31-23-21(29-6)37-15(39-23)10-8-13-34-18(26-3)19(27-4)35-13/h7-10H,11H2,1-6H3/b14-9-,15-10-. The SMILES string of the molecule is CSC1=C(SC)SC(=C/C=C2/SC(SC)=C(SCSC3=C(SC)S/C(=C/C=C4SC(SC)=C(SC)S4)S3)S2)S1. The highest BCUT2D eigenvalue weighted by atomic mass is 32.3. The second kappa shape index (κ2) is 18.6. The van der Waals surface area contributed by atoms with Crippen molar-refractivity contribution in [2.45, 2.75) is 0 Å². The van der Waals surface area contributed by atoms with Crippen molar-refractivity contribution in [1.29, 1.82) is 0 Å². The molecule has 16 heteroatoms. The van der Waals surface area contributed by atoms with E-state index in [1.54, 1.807) is 0 Å². The van der Waals surface area contributed by atoms with Crippen molar-refractivity contribution in [3.05, 3.63) is 75.2 Å². The molecule has 4 aliphatic rings. The molecule has 0 radical (unpaired) electrons. The van der Waals surface area contributed by atoms with Crippen LogP contribution in [0.15, 0.2) is 75.2 Å². The fourth-order valence-corrected chi connectivity index (χ4v) is 23.4.